The predicted molar refractivity (Wildman–Crippen MR) is 101 cm³/mol. The number of hydrogen-bond acceptors (Lipinski definition) is 2. The van der Waals surface area contributed by atoms with Crippen LogP contribution in [0.2, 0.25) is 0 Å². The Labute approximate surface area is 166 Å². The van der Waals surface area contributed by atoms with Crippen LogP contribution in [0.15, 0.2) is 23.2 Å². The second-order valence-electron chi connectivity index (χ2n) is 5.88. The smallest absolute Gasteiger partial charge is 0.352 e. The van der Waals surface area contributed by atoms with Crippen molar-refractivity contribution in [2.75, 3.05) is 33.2 Å². The molecule has 1 heterocycles. The van der Waals surface area contributed by atoms with Gasteiger partial charge in [-0.05, 0) is 25.1 Å². The highest BCUT2D eigenvalue weighted by atomic mass is 127. The maximum absolute atomic E-state index is 13.6. The van der Waals surface area contributed by atoms with Crippen molar-refractivity contribution in [3.8, 4) is 0 Å². The van der Waals surface area contributed by atoms with Crippen molar-refractivity contribution in [1.82, 2.24) is 15.1 Å². The molecule has 1 saturated heterocycles. The van der Waals surface area contributed by atoms with Gasteiger partial charge < -0.3 is 10.2 Å². The maximum atomic E-state index is 13.6. The van der Waals surface area contributed by atoms with Crippen molar-refractivity contribution in [3.63, 3.8) is 0 Å². The molecule has 10 heteroatoms. The van der Waals surface area contributed by atoms with Crippen LogP contribution in [-0.4, -0.2) is 61.2 Å². The minimum Gasteiger partial charge on any atom is -0.352 e. The monoisotopic (exact) mass is 492 g/mol. The van der Waals surface area contributed by atoms with Gasteiger partial charge in [-0.15, -0.1) is 24.0 Å². The van der Waals surface area contributed by atoms with E-state index in [1.807, 2.05) is 0 Å². The molecular weight excluding hydrogens is 470 g/mol. The fourth-order valence-electron chi connectivity index (χ4n) is 2.71. The van der Waals surface area contributed by atoms with Gasteiger partial charge in [-0.3, -0.25) is 9.89 Å². The first kappa shape index (κ1) is 22.9. The molecule has 1 unspecified atom stereocenters. The summed E-state index contributed by atoms with van der Waals surface area (Å²) in [6, 6.07) is 1.69. The largest absolute Gasteiger partial charge is 0.403 e. The van der Waals surface area contributed by atoms with Crippen LogP contribution >= 0.6 is 24.0 Å². The van der Waals surface area contributed by atoms with Crippen molar-refractivity contribution in [3.05, 3.63) is 35.4 Å². The minimum absolute atomic E-state index is 0. The third-order valence-electron chi connectivity index (χ3n) is 4.29. The maximum Gasteiger partial charge on any atom is 0.403 e. The zero-order valence-electron chi connectivity index (χ0n) is 14.5. The van der Waals surface area contributed by atoms with E-state index in [4.69, 9.17) is 0 Å². The molecule has 1 fully saturated rings. The predicted octanol–water partition coefficient (Wildman–Crippen LogP) is 3.23. The number of piperazine rings is 1. The Hall–Kier alpha value is -1.17. The van der Waals surface area contributed by atoms with E-state index in [1.165, 1.54) is 11.9 Å². The van der Waals surface area contributed by atoms with E-state index in [2.05, 4.69) is 10.3 Å². The molecule has 26 heavy (non-hydrogen) atoms. The normalized spacial score (nSPS) is 17.7. The van der Waals surface area contributed by atoms with Crippen LogP contribution in [0.1, 0.15) is 12.5 Å². The number of hydrogen-bond donors (Lipinski definition) is 1. The highest BCUT2D eigenvalue weighted by molar-refractivity contribution is 14.0. The molecular formula is C16H22F5IN4. The van der Waals surface area contributed by atoms with Crippen molar-refractivity contribution in [1.29, 1.82) is 0 Å². The number of alkyl halides is 3. The fraction of sp³-hybridized carbons (Fsp3) is 0.562. The summed E-state index contributed by atoms with van der Waals surface area (Å²) in [7, 11) is 1.54. The molecule has 0 spiro atoms. The third-order valence-corrected chi connectivity index (χ3v) is 4.29. The molecule has 1 atom stereocenters. The Morgan fingerprint density at radius 2 is 1.81 bits per heavy atom. The fourth-order valence-corrected chi connectivity index (χ4v) is 2.71. The van der Waals surface area contributed by atoms with Crippen molar-refractivity contribution in [2.45, 2.75) is 25.7 Å². The Kier molecular flexibility index (Phi) is 8.51. The van der Waals surface area contributed by atoms with E-state index in [-0.39, 0.29) is 49.2 Å². The lowest BCUT2D eigenvalue weighted by molar-refractivity contribution is -0.181. The van der Waals surface area contributed by atoms with E-state index in [9.17, 15) is 22.0 Å². The second-order valence-corrected chi connectivity index (χ2v) is 5.88. The molecule has 0 aromatic heterocycles. The molecule has 4 nitrogen and oxygen atoms in total. The van der Waals surface area contributed by atoms with Gasteiger partial charge >= 0.3 is 6.18 Å². The standard InChI is InChI=1S/C16H21F5N4.HI/c1-11(16(19,20)21)24-5-7-25(8-6-24)15(22-2)23-10-12-9-13(17)3-4-14(12)18;/h3-4,9,11H,5-8,10H2,1-2H3,(H,22,23);1H. The van der Waals surface area contributed by atoms with Gasteiger partial charge in [0.15, 0.2) is 5.96 Å². The molecule has 1 aromatic rings. The summed E-state index contributed by atoms with van der Waals surface area (Å²) < 4.78 is 65.2. The van der Waals surface area contributed by atoms with E-state index in [0.29, 0.717) is 19.0 Å². The molecule has 1 aliphatic heterocycles. The summed E-state index contributed by atoms with van der Waals surface area (Å²) in [4.78, 5) is 7.25. The first-order valence-corrected chi connectivity index (χ1v) is 7.92. The summed E-state index contributed by atoms with van der Waals surface area (Å²) in [5, 5.41) is 2.93. The van der Waals surface area contributed by atoms with E-state index < -0.39 is 23.9 Å². The quantitative estimate of drug-likeness (QED) is 0.305. The van der Waals surface area contributed by atoms with Gasteiger partial charge in [0.1, 0.15) is 17.7 Å². The number of halogens is 6. The van der Waals surface area contributed by atoms with Crippen LogP contribution in [0.5, 0.6) is 0 Å². The molecule has 0 bridgehead atoms. The summed E-state index contributed by atoms with van der Waals surface area (Å²) >= 11 is 0. The van der Waals surface area contributed by atoms with Crippen molar-refractivity contribution >= 4 is 29.9 Å². The van der Waals surface area contributed by atoms with Crippen LogP contribution in [-0.2, 0) is 6.54 Å². The Morgan fingerprint density at radius 1 is 1.19 bits per heavy atom. The van der Waals surface area contributed by atoms with Gasteiger partial charge in [0.25, 0.3) is 0 Å². The molecule has 0 radical (unpaired) electrons. The Balaban J connectivity index is 0.00000338. The van der Waals surface area contributed by atoms with Crippen molar-refractivity contribution in [2.24, 2.45) is 4.99 Å². The van der Waals surface area contributed by atoms with Crippen molar-refractivity contribution < 1.29 is 22.0 Å². The lowest BCUT2D eigenvalue weighted by atomic mass is 10.2. The van der Waals surface area contributed by atoms with Crippen LogP contribution < -0.4 is 5.32 Å². The minimum atomic E-state index is -4.25. The molecule has 148 valence electrons. The molecule has 0 saturated carbocycles. The number of nitrogens with one attached hydrogen (secondary N) is 1. The van der Waals surface area contributed by atoms with Gasteiger partial charge in [0.05, 0.1) is 0 Å². The highest BCUT2D eigenvalue weighted by Gasteiger charge is 2.41. The summed E-state index contributed by atoms with van der Waals surface area (Å²) in [5.74, 6) is -0.626. The number of nitrogens with zero attached hydrogens (tertiary/aromatic N) is 3. The van der Waals surface area contributed by atoms with Gasteiger partial charge in [0, 0.05) is 45.3 Å². The summed E-state index contributed by atoms with van der Waals surface area (Å²) in [5.41, 5.74) is 0.158. The van der Waals surface area contributed by atoms with Gasteiger partial charge in [-0.1, -0.05) is 0 Å². The Bertz CT molecular complexity index is 615. The summed E-state index contributed by atoms with van der Waals surface area (Å²) in [6.07, 6.45) is -4.25. The van der Waals surface area contributed by atoms with E-state index in [0.717, 1.165) is 25.1 Å². The number of rotatable bonds is 3. The van der Waals surface area contributed by atoms with E-state index >= 15 is 0 Å². The van der Waals surface area contributed by atoms with Gasteiger partial charge in [0.2, 0.25) is 0 Å². The third kappa shape index (κ3) is 5.93. The molecule has 0 amide bonds. The first-order valence-electron chi connectivity index (χ1n) is 7.92. The van der Waals surface area contributed by atoms with Crippen LogP contribution in [0.25, 0.3) is 0 Å². The average molecular weight is 492 g/mol. The zero-order valence-corrected chi connectivity index (χ0v) is 16.8. The average Bonchev–Trinajstić information content (AvgIpc) is 2.57. The zero-order chi connectivity index (χ0) is 18.6. The van der Waals surface area contributed by atoms with Crippen LogP contribution in [0, 0.1) is 11.6 Å². The molecule has 1 aliphatic rings. The number of aliphatic imine (C=N–C) groups is 1. The number of guanidine groups is 1. The van der Waals surface area contributed by atoms with Gasteiger partial charge in [-0.2, -0.15) is 13.2 Å². The summed E-state index contributed by atoms with van der Waals surface area (Å²) in [6.45, 7) is 2.41. The molecule has 2 rings (SSSR count). The lowest BCUT2D eigenvalue weighted by Crippen LogP contribution is -2.56. The second kappa shape index (κ2) is 9.67. The topological polar surface area (TPSA) is 30.9 Å². The molecule has 1 N–H and O–H groups in total. The molecule has 0 aliphatic carbocycles. The molecule has 1 aromatic carbocycles. The van der Waals surface area contributed by atoms with E-state index in [1.54, 1.807) is 4.90 Å². The first-order chi connectivity index (χ1) is 11.7. The SMILES string of the molecule is CN=C(NCc1cc(F)ccc1F)N1CCN(C(C)C(F)(F)F)CC1.I. The lowest BCUT2D eigenvalue weighted by Gasteiger charge is -2.39. The highest BCUT2D eigenvalue weighted by Crippen LogP contribution is 2.25. The van der Waals surface area contributed by atoms with Crippen LogP contribution in [0.4, 0.5) is 22.0 Å². The van der Waals surface area contributed by atoms with Crippen LogP contribution in [0.3, 0.4) is 0 Å². The number of benzene rings is 1. The Morgan fingerprint density at radius 3 is 2.35 bits per heavy atom. The van der Waals surface area contributed by atoms with Gasteiger partial charge in [-0.25, -0.2) is 8.78 Å².